The summed E-state index contributed by atoms with van der Waals surface area (Å²) in [6.45, 7) is 1.34. The fraction of sp³-hybridized carbons (Fsp3) is 0.250. The topological polar surface area (TPSA) is 74.2 Å². The molecule has 23 heavy (non-hydrogen) atoms. The van der Waals surface area contributed by atoms with Gasteiger partial charge in [0.2, 0.25) is 0 Å². The number of nitrogens with one attached hydrogen (secondary N) is 2. The molecule has 0 radical (unpaired) electrons. The van der Waals surface area contributed by atoms with E-state index in [0.717, 1.165) is 0 Å². The van der Waals surface area contributed by atoms with Gasteiger partial charge >= 0.3 is 6.03 Å². The Balaban J connectivity index is 1.86. The highest BCUT2D eigenvalue weighted by molar-refractivity contribution is 5.73. The molecule has 3 N–H and O–H groups in total. The Kier molecular flexibility index (Phi) is 5.23. The standard InChI is InChI=1S/C16H17F2N3O2/c1-16(23,11-4-6-12(17)7-5-11)10-21-15(22)20-9-14-13(18)3-2-8-19-14/h2-8,23H,9-10H2,1H3,(H2,20,21,22). The Morgan fingerprint density at radius 1 is 1.22 bits per heavy atom. The van der Waals surface area contributed by atoms with Gasteiger partial charge in [-0.15, -0.1) is 0 Å². The summed E-state index contributed by atoms with van der Waals surface area (Å²) in [4.78, 5) is 15.5. The van der Waals surface area contributed by atoms with Crippen LogP contribution >= 0.6 is 0 Å². The number of nitrogens with zero attached hydrogens (tertiary/aromatic N) is 1. The lowest BCUT2D eigenvalue weighted by molar-refractivity contribution is 0.0593. The third-order valence-electron chi connectivity index (χ3n) is 3.31. The lowest BCUT2D eigenvalue weighted by Crippen LogP contribution is -2.43. The van der Waals surface area contributed by atoms with Crippen LogP contribution < -0.4 is 10.6 Å². The molecule has 0 aliphatic rings. The molecular formula is C16H17F2N3O2. The summed E-state index contributed by atoms with van der Waals surface area (Å²) < 4.78 is 26.2. The van der Waals surface area contributed by atoms with Crippen molar-refractivity contribution >= 4 is 6.03 Å². The van der Waals surface area contributed by atoms with Crippen LogP contribution in [0.25, 0.3) is 0 Å². The fourth-order valence-electron chi connectivity index (χ4n) is 1.94. The zero-order valence-electron chi connectivity index (χ0n) is 12.5. The number of hydrogen-bond donors (Lipinski definition) is 3. The highest BCUT2D eigenvalue weighted by atomic mass is 19.1. The number of amides is 2. The maximum Gasteiger partial charge on any atom is 0.315 e. The van der Waals surface area contributed by atoms with Crippen molar-refractivity contribution in [3.05, 3.63) is 65.5 Å². The minimum Gasteiger partial charge on any atom is -0.384 e. The second-order valence-electron chi connectivity index (χ2n) is 5.25. The zero-order chi connectivity index (χ0) is 16.9. The van der Waals surface area contributed by atoms with Crippen LogP contribution in [0.4, 0.5) is 13.6 Å². The van der Waals surface area contributed by atoms with E-state index >= 15 is 0 Å². The van der Waals surface area contributed by atoms with Crippen molar-refractivity contribution in [2.75, 3.05) is 6.54 Å². The van der Waals surface area contributed by atoms with Crippen LogP contribution in [0.2, 0.25) is 0 Å². The number of aromatic nitrogens is 1. The van der Waals surface area contributed by atoms with E-state index < -0.39 is 23.3 Å². The van der Waals surface area contributed by atoms with Gasteiger partial charge in [-0.1, -0.05) is 12.1 Å². The average Bonchev–Trinajstić information content (AvgIpc) is 2.53. The Hall–Kier alpha value is -2.54. The predicted octanol–water partition coefficient (Wildman–Crippen LogP) is 2.07. The molecule has 7 heteroatoms. The molecule has 2 aromatic rings. The van der Waals surface area contributed by atoms with Gasteiger partial charge in [-0.25, -0.2) is 13.6 Å². The first-order valence-corrected chi connectivity index (χ1v) is 6.98. The molecule has 5 nitrogen and oxygen atoms in total. The summed E-state index contributed by atoms with van der Waals surface area (Å²) in [5, 5.41) is 15.2. The van der Waals surface area contributed by atoms with Gasteiger partial charge in [-0.2, -0.15) is 0 Å². The molecule has 0 aliphatic heterocycles. The van der Waals surface area contributed by atoms with Crippen molar-refractivity contribution in [3.8, 4) is 0 Å². The Morgan fingerprint density at radius 2 is 1.91 bits per heavy atom. The molecule has 1 unspecified atom stereocenters. The van der Waals surface area contributed by atoms with E-state index in [0.29, 0.717) is 5.56 Å². The fourth-order valence-corrected chi connectivity index (χ4v) is 1.94. The number of aliphatic hydroxyl groups is 1. The zero-order valence-corrected chi connectivity index (χ0v) is 12.5. The molecule has 2 amide bonds. The molecule has 0 saturated heterocycles. The molecule has 0 bridgehead atoms. The van der Waals surface area contributed by atoms with Crippen molar-refractivity contribution in [2.24, 2.45) is 0 Å². The number of halogens is 2. The van der Waals surface area contributed by atoms with E-state index in [-0.39, 0.29) is 18.8 Å². The number of pyridine rings is 1. The van der Waals surface area contributed by atoms with Gasteiger partial charge in [0.25, 0.3) is 0 Å². The van der Waals surface area contributed by atoms with Crippen LogP contribution in [-0.2, 0) is 12.1 Å². The Bertz CT molecular complexity index is 675. The molecule has 122 valence electrons. The number of hydrogen-bond acceptors (Lipinski definition) is 3. The average molecular weight is 321 g/mol. The van der Waals surface area contributed by atoms with Gasteiger partial charge in [0.1, 0.15) is 17.2 Å². The van der Waals surface area contributed by atoms with E-state index in [1.807, 2.05) is 0 Å². The van der Waals surface area contributed by atoms with Crippen molar-refractivity contribution < 1.29 is 18.7 Å². The van der Waals surface area contributed by atoms with Gasteiger partial charge in [0.15, 0.2) is 0 Å². The number of rotatable bonds is 5. The third-order valence-corrected chi connectivity index (χ3v) is 3.31. The maximum atomic E-state index is 13.4. The maximum absolute atomic E-state index is 13.4. The van der Waals surface area contributed by atoms with E-state index in [2.05, 4.69) is 15.6 Å². The van der Waals surface area contributed by atoms with E-state index in [4.69, 9.17) is 0 Å². The highest BCUT2D eigenvalue weighted by Gasteiger charge is 2.23. The van der Waals surface area contributed by atoms with Crippen LogP contribution in [0.5, 0.6) is 0 Å². The Labute approximate surface area is 132 Å². The van der Waals surface area contributed by atoms with Crippen LogP contribution in [0.3, 0.4) is 0 Å². The number of urea groups is 1. The molecule has 2 rings (SSSR count). The molecule has 0 fully saturated rings. The molecule has 0 saturated carbocycles. The molecular weight excluding hydrogens is 304 g/mol. The van der Waals surface area contributed by atoms with Gasteiger partial charge < -0.3 is 15.7 Å². The minimum atomic E-state index is -1.36. The summed E-state index contributed by atoms with van der Waals surface area (Å²) in [6, 6.07) is 7.48. The first kappa shape index (κ1) is 16.8. The first-order valence-electron chi connectivity index (χ1n) is 6.98. The Morgan fingerprint density at radius 3 is 2.57 bits per heavy atom. The second kappa shape index (κ2) is 7.15. The van der Waals surface area contributed by atoms with Crippen LogP contribution in [0.1, 0.15) is 18.2 Å². The SMILES string of the molecule is CC(O)(CNC(=O)NCc1ncccc1F)c1ccc(F)cc1. The number of benzene rings is 1. The van der Waals surface area contributed by atoms with E-state index in [9.17, 15) is 18.7 Å². The molecule has 1 heterocycles. The lowest BCUT2D eigenvalue weighted by atomic mass is 9.96. The molecule has 0 aliphatic carbocycles. The van der Waals surface area contributed by atoms with Gasteiger partial charge in [0, 0.05) is 6.20 Å². The number of carbonyl (C=O) groups excluding carboxylic acids is 1. The predicted molar refractivity (Wildman–Crippen MR) is 80.4 cm³/mol. The third kappa shape index (κ3) is 4.72. The quantitative estimate of drug-likeness (QED) is 0.789. The van der Waals surface area contributed by atoms with E-state index in [1.54, 1.807) is 0 Å². The largest absolute Gasteiger partial charge is 0.384 e. The van der Waals surface area contributed by atoms with Crippen molar-refractivity contribution in [2.45, 2.75) is 19.1 Å². The highest BCUT2D eigenvalue weighted by Crippen LogP contribution is 2.19. The van der Waals surface area contributed by atoms with Gasteiger partial charge in [-0.3, -0.25) is 4.98 Å². The molecule has 1 aromatic heterocycles. The first-order chi connectivity index (χ1) is 10.9. The minimum absolute atomic E-state index is 0.0722. The smallest absolute Gasteiger partial charge is 0.315 e. The second-order valence-corrected chi connectivity index (χ2v) is 5.25. The van der Waals surface area contributed by atoms with Gasteiger partial charge in [0.05, 0.1) is 18.8 Å². The normalized spacial score (nSPS) is 13.2. The monoisotopic (exact) mass is 321 g/mol. The van der Waals surface area contributed by atoms with Crippen LogP contribution in [-0.4, -0.2) is 22.7 Å². The summed E-state index contributed by atoms with van der Waals surface area (Å²) in [6.07, 6.45) is 1.43. The van der Waals surface area contributed by atoms with Crippen molar-refractivity contribution in [1.29, 1.82) is 0 Å². The van der Waals surface area contributed by atoms with Crippen LogP contribution in [0.15, 0.2) is 42.6 Å². The van der Waals surface area contributed by atoms with Crippen molar-refractivity contribution in [3.63, 3.8) is 0 Å². The summed E-state index contributed by atoms with van der Waals surface area (Å²) in [5.74, 6) is -0.918. The number of carbonyl (C=O) groups is 1. The molecule has 1 atom stereocenters. The summed E-state index contributed by atoms with van der Waals surface area (Å²) in [7, 11) is 0. The van der Waals surface area contributed by atoms with E-state index in [1.165, 1.54) is 49.5 Å². The molecule has 1 aromatic carbocycles. The summed E-state index contributed by atoms with van der Waals surface area (Å²) in [5.41, 5.74) is -0.774. The lowest BCUT2D eigenvalue weighted by Gasteiger charge is -2.24. The molecule has 0 spiro atoms. The van der Waals surface area contributed by atoms with Crippen LogP contribution in [0, 0.1) is 11.6 Å². The van der Waals surface area contributed by atoms with Gasteiger partial charge in [-0.05, 0) is 36.8 Å². The van der Waals surface area contributed by atoms with Crippen molar-refractivity contribution in [1.82, 2.24) is 15.6 Å². The summed E-state index contributed by atoms with van der Waals surface area (Å²) >= 11 is 0.